The van der Waals surface area contributed by atoms with E-state index in [4.69, 9.17) is 4.43 Å². The second kappa shape index (κ2) is 7.61. The van der Waals surface area contributed by atoms with Crippen LogP contribution in [0.4, 0.5) is 0 Å². The number of aliphatic carboxylic acids is 1. The van der Waals surface area contributed by atoms with Gasteiger partial charge >= 0.3 is 5.97 Å². The van der Waals surface area contributed by atoms with Gasteiger partial charge in [0, 0.05) is 25.9 Å². The summed E-state index contributed by atoms with van der Waals surface area (Å²) in [6.07, 6.45) is -0.109. The molecule has 0 saturated carbocycles. The Labute approximate surface area is 179 Å². The average Bonchev–Trinajstić information content (AvgIpc) is 3.19. The van der Waals surface area contributed by atoms with Crippen LogP contribution in [-0.4, -0.2) is 60.2 Å². The number of hydrogen-bond acceptors (Lipinski definition) is 4. The van der Waals surface area contributed by atoms with Gasteiger partial charge in [0.25, 0.3) is 8.32 Å². The molecular weight excluding hydrogens is 394 g/mol. The fourth-order valence-electron chi connectivity index (χ4n) is 5.49. The summed E-state index contributed by atoms with van der Waals surface area (Å²) in [5, 5.41) is 22.4. The van der Waals surface area contributed by atoms with Crippen LogP contribution in [0.15, 0.2) is 60.7 Å². The van der Waals surface area contributed by atoms with E-state index in [-0.39, 0.29) is 17.6 Å². The predicted molar refractivity (Wildman–Crippen MR) is 120 cm³/mol. The van der Waals surface area contributed by atoms with Gasteiger partial charge in [-0.05, 0) is 15.4 Å². The normalized spacial score (nSPS) is 27.2. The molecule has 3 atom stereocenters. The van der Waals surface area contributed by atoms with E-state index in [9.17, 15) is 15.0 Å². The highest BCUT2D eigenvalue weighted by Gasteiger charge is 2.60. The topological polar surface area (TPSA) is 70.0 Å². The van der Waals surface area contributed by atoms with Crippen LogP contribution in [-0.2, 0) is 9.22 Å². The second-order valence-corrected chi connectivity index (χ2v) is 14.0. The number of β-amino-alcohol motifs (C(OH)–C–C–N with tert-alkyl or cyclic N) is 1. The van der Waals surface area contributed by atoms with Crippen LogP contribution in [0, 0.1) is 0 Å². The number of fused-ring (bicyclic) bond motifs is 1. The number of carbonyl (C=O) groups is 1. The van der Waals surface area contributed by atoms with Crippen molar-refractivity contribution in [3.63, 3.8) is 0 Å². The first kappa shape index (κ1) is 21.2. The lowest BCUT2D eigenvalue weighted by molar-refractivity contribution is -0.148. The van der Waals surface area contributed by atoms with Gasteiger partial charge in [-0.1, -0.05) is 81.4 Å². The average molecular weight is 426 g/mol. The molecule has 2 aliphatic rings. The van der Waals surface area contributed by atoms with Crippen LogP contribution in [0.25, 0.3) is 0 Å². The van der Waals surface area contributed by atoms with Crippen LogP contribution >= 0.6 is 0 Å². The summed E-state index contributed by atoms with van der Waals surface area (Å²) in [5.74, 6) is -0.854. The SMILES string of the molecule is CC(C)(C)[Si](OC1CN2CC(O)CC2(C(=O)O)C1)(c1ccccc1)c1ccccc1. The molecule has 6 heteroatoms. The Morgan fingerprint density at radius 3 is 1.97 bits per heavy atom. The maximum absolute atomic E-state index is 12.2. The molecule has 0 amide bonds. The molecule has 2 fully saturated rings. The van der Waals surface area contributed by atoms with Gasteiger partial charge in [0.05, 0.1) is 12.2 Å². The number of rotatable bonds is 5. The number of aliphatic hydroxyl groups excluding tert-OH is 1. The van der Waals surface area contributed by atoms with Crippen molar-refractivity contribution < 1.29 is 19.4 Å². The maximum Gasteiger partial charge on any atom is 0.324 e. The van der Waals surface area contributed by atoms with E-state index in [1.165, 1.54) is 10.4 Å². The summed E-state index contributed by atoms with van der Waals surface area (Å²) in [7, 11) is -2.73. The zero-order chi connectivity index (χ0) is 21.6. The van der Waals surface area contributed by atoms with E-state index in [0.717, 1.165) is 0 Å². The van der Waals surface area contributed by atoms with Crippen molar-refractivity contribution in [2.75, 3.05) is 13.1 Å². The molecule has 160 valence electrons. The van der Waals surface area contributed by atoms with Gasteiger partial charge in [-0.25, -0.2) is 0 Å². The highest BCUT2D eigenvalue weighted by atomic mass is 28.4. The lowest BCUT2D eigenvalue weighted by Gasteiger charge is -2.44. The highest BCUT2D eigenvalue weighted by molar-refractivity contribution is 6.99. The van der Waals surface area contributed by atoms with Crippen molar-refractivity contribution in [2.45, 2.75) is 56.4 Å². The Morgan fingerprint density at radius 2 is 1.53 bits per heavy atom. The molecule has 2 saturated heterocycles. The van der Waals surface area contributed by atoms with E-state index in [0.29, 0.717) is 19.5 Å². The smallest absolute Gasteiger partial charge is 0.324 e. The van der Waals surface area contributed by atoms with Crippen LogP contribution in [0.1, 0.15) is 33.6 Å². The molecule has 0 bridgehead atoms. The molecule has 2 aliphatic heterocycles. The number of nitrogens with zero attached hydrogens (tertiary/aromatic N) is 1. The molecule has 4 rings (SSSR count). The molecule has 2 heterocycles. The zero-order valence-electron chi connectivity index (χ0n) is 17.9. The molecule has 2 N–H and O–H groups in total. The minimum atomic E-state index is -2.73. The fraction of sp³-hybridized carbons (Fsp3) is 0.458. The number of carboxylic acid groups (broad SMARTS) is 1. The molecule has 0 aliphatic carbocycles. The largest absolute Gasteiger partial charge is 0.480 e. The fourth-order valence-corrected chi connectivity index (χ4v) is 10.2. The molecule has 30 heavy (non-hydrogen) atoms. The number of carboxylic acids is 1. The van der Waals surface area contributed by atoms with Gasteiger partial charge in [0.1, 0.15) is 5.54 Å². The minimum absolute atomic E-state index is 0.154. The molecule has 0 aromatic heterocycles. The summed E-state index contributed by atoms with van der Waals surface area (Å²) in [6.45, 7) is 7.62. The van der Waals surface area contributed by atoms with Crippen molar-refractivity contribution in [2.24, 2.45) is 0 Å². The van der Waals surface area contributed by atoms with Gasteiger partial charge < -0.3 is 14.6 Å². The number of aliphatic hydroxyl groups is 1. The minimum Gasteiger partial charge on any atom is -0.480 e. The molecule has 2 aromatic carbocycles. The number of benzene rings is 2. The Hall–Kier alpha value is -1.99. The van der Waals surface area contributed by atoms with Gasteiger partial charge in [-0.15, -0.1) is 0 Å². The third-order valence-electron chi connectivity index (χ3n) is 6.76. The predicted octanol–water partition coefficient (Wildman–Crippen LogP) is 2.23. The van der Waals surface area contributed by atoms with Crippen molar-refractivity contribution in [3.05, 3.63) is 60.7 Å². The van der Waals surface area contributed by atoms with E-state index in [1.807, 2.05) is 17.0 Å². The van der Waals surface area contributed by atoms with Gasteiger partial charge in [0.15, 0.2) is 0 Å². The third-order valence-corrected chi connectivity index (χ3v) is 11.8. The molecule has 0 spiro atoms. The monoisotopic (exact) mass is 425 g/mol. The first-order chi connectivity index (χ1) is 14.2. The van der Waals surface area contributed by atoms with Crippen molar-refractivity contribution in [3.8, 4) is 0 Å². The lowest BCUT2D eigenvalue weighted by Crippen LogP contribution is -2.68. The van der Waals surface area contributed by atoms with Gasteiger partial charge in [0.2, 0.25) is 0 Å². The number of hydrogen-bond donors (Lipinski definition) is 2. The Morgan fingerprint density at radius 1 is 1.00 bits per heavy atom. The first-order valence-electron chi connectivity index (χ1n) is 10.6. The Kier molecular flexibility index (Phi) is 5.39. The zero-order valence-corrected chi connectivity index (χ0v) is 18.9. The van der Waals surface area contributed by atoms with Crippen LogP contribution < -0.4 is 10.4 Å². The van der Waals surface area contributed by atoms with Gasteiger partial charge in [-0.3, -0.25) is 9.69 Å². The molecule has 0 radical (unpaired) electrons. The highest BCUT2D eigenvalue weighted by Crippen LogP contribution is 2.44. The van der Waals surface area contributed by atoms with Gasteiger partial charge in [-0.2, -0.15) is 0 Å². The molecular formula is C24H31NO4Si. The molecule has 2 aromatic rings. The van der Waals surface area contributed by atoms with E-state index >= 15 is 0 Å². The van der Waals surface area contributed by atoms with Crippen molar-refractivity contribution >= 4 is 24.7 Å². The van der Waals surface area contributed by atoms with E-state index < -0.39 is 25.9 Å². The molecule has 3 unspecified atom stereocenters. The van der Waals surface area contributed by atoms with Crippen molar-refractivity contribution in [1.29, 1.82) is 0 Å². The third kappa shape index (κ3) is 3.32. The Bertz CT molecular complexity index is 859. The van der Waals surface area contributed by atoms with Crippen LogP contribution in [0.2, 0.25) is 5.04 Å². The van der Waals surface area contributed by atoms with Crippen molar-refractivity contribution in [1.82, 2.24) is 4.90 Å². The summed E-state index contributed by atoms with van der Waals surface area (Å²) in [5.41, 5.74) is -1.02. The summed E-state index contributed by atoms with van der Waals surface area (Å²) < 4.78 is 7.13. The summed E-state index contributed by atoms with van der Waals surface area (Å²) in [6, 6.07) is 20.8. The summed E-state index contributed by atoms with van der Waals surface area (Å²) in [4.78, 5) is 14.1. The lowest BCUT2D eigenvalue weighted by atomic mass is 9.93. The Balaban J connectivity index is 1.78. The quantitative estimate of drug-likeness (QED) is 0.719. The van der Waals surface area contributed by atoms with E-state index in [2.05, 4.69) is 69.3 Å². The van der Waals surface area contributed by atoms with Crippen LogP contribution in [0.5, 0.6) is 0 Å². The second-order valence-electron chi connectivity index (χ2n) is 9.71. The van der Waals surface area contributed by atoms with Crippen LogP contribution in [0.3, 0.4) is 0 Å². The first-order valence-corrected chi connectivity index (χ1v) is 12.6. The summed E-state index contributed by atoms with van der Waals surface area (Å²) >= 11 is 0. The maximum atomic E-state index is 12.2. The molecule has 5 nitrogen and oxygen atoms in total. The van der Waals surface area contributed by atoms with E-state index in [1.54, 1.807) is 0 Å². The standard InChI is InChI=1S/C24H31NO4Si/c1-23(2,3)30(20-10-6-4-7-11-20,21-12-8-5-9-13-21)29-19-15-24(22(27)28)14-18(26)16-25(24)17-19/h4-13,18-19,26H,14-17H2,1-3H3,(H,27,28).